The Morgan fingerprint density at radius 3 is 1.82 bits per heavy atom. The number of nitrogens with zero attached hydrogens (tertiary/aromatic N) is 3. The molecule has 0 unspecified atom stereocenters. The van der Waals surface area contributed by atoms with Crippen LogP contribution in [0.1, 0.15) is 0 Å². The van der Waals surface area contributed by atoms with Gasteiger partial charge in [-0.05, 0) is 60.7 Å². The van der Waals surface area contributed by atoms with Crippen molar-refractivity contribution < 1.29 is 4.42 Å². The van der Waals surface area contributed by atoms with Gasteiger partial charge in [0.25, 0.3) is 0 Å². The maximum Gasteiger partial charge on any atom is 0.138 e. The quantitative estimate of drug-likeness (QED) is 0.210. The van der Waals surface area contributed by atoms with Crippen LogP contribution in [0.25, 0.3) is 88.3 Å². The molecule has 0 atom stereocenters. The van der Waals surface area contributed by atoms with E-state index in [1.165, 1.54) is 32.6 Å². The van der Waals surface area contributed by atoms with Gasteiger partial charge in [-0.3, -0.25) is 4.57 Å². The van der Waals surface area contributed by atoms with Crippen LogP contribution in [0.5, 0.6) is 0 Å². The van der Waals surface area contributed by atoms with Gasteiger partial charge in [0.2, 0.25) is 0 Å². The van der Waals surface area contributed by atoms with Crippen LogP contribution in [0.4, 0.5) is 0 Å². The van der Waals surface area contributed by atoms with Gasteiger partial charge in [0, 0.05) is 43.6 Å². The fourth-order valence-corrected chi connectivity index (χ4v) is 7.18. The van der Waals surface area contributed by atoms with Gasteiger partial charge in [-0.15, -0.1) is 0 Å². The van der Waals surface area contributed by atoms with E-state index in [-0.39, 0.29) is 0 Å². The zero-order valence-corrected chi connectivity index (χ0v) is 24.2. The zero-order valence-electron chi connectivity index (χ0n) is 24.2. The topological polar surface area (TPSA) is 35.9 Å². The number of fused-ring (bicyclic) bond motifs is 10. The van der Waals surface area contributed by atoms with Crippen molar-refractivity contribution in [1.29, 1.82) is 0 Å². The first kappa shape index (κ1) is 24.3. The number of benzene rings is 6. The monoisotopic (exact) mass is 575 g/mol. The standard InChI is InChI=1S/C41H25N3O/c1-2-11-27(12-3-1)43-35-17-7-4-13-28(35)31-22-23-32-29-14-5-8-18-36(29)44(41(32)40(31)43)39-20-10-16-34(42-39)26-21-24-38-33(25-26)30-15-6-9-19-37(30)45-38/h1-25H. The van der Waals surface area contributed by atoms with Crippen LogP contribution in [-0.4, -0.2) is 14.1 Å². The van der Waals surface area contributed by atoms with Gasteiger partial charge in [-0.1, -0.05) is 91.0 Å². The molecule has 0 N–H and O–H groups in total. The first-order valence-corrected chi connectivity index (χ1v) is 15.2. The van der Waals surface area contributed by atoms with E-state index >= 15 is 0 Å². The Morgan fingerprint density at radius 1 is 0.422 bits per heavy atom. The minimum atomic E-state index is 0.883. The van der Waals surface area contributed by atoms with Gasteiger partial charge in [0.05, 0.1) is 27.8 Å². The van der Waals surface area contributed by atoms with Crippen LogP contribution in [0.15, 0.2) is 156 Å². The predicted octanol–water partition coefficient (Wildman–Crippen LogP) is 10.8. The number of hydrogen-bond acceptors (Lipinski definition) is 2. The molecule has 4 heterocycles. The molecule has 4 heteroatoms. The van der Waals surface area contributed by atoms with Gasteiger partial charge >= 0.3 is 0 Å². The Morgan fingerprint density at radius 2 is 1.04 bits per heavy atom. The third-order valence-corrected chi connectivity index (χ3v) is 9.12. The molecule has 0 saturated heterocycles. The van der Waals surface area contributed by atoms with Crippen molar-refractivity contribution in [2.24, 2.45) is 0 Å². The lowest BCUT2D eigenvalue weighted by molar-refractivity contribution is 0.669. The number of pyridine rings is 1. The van der Waals surface area contributed by atoms with Crippen molar-refractivity contribution in [3.63, 3.8) is 0 Å². The maximum atomic E-state index is 6.11. The van der Waals surface area contributed by atoms with E-state index in [4.69, 9.17) is 9.40 Å². The molecule has 0 saturated carbocycles. The molecule has 0 amide bonds. The lowest BCUT2D eigenvalue weighted by atomic mass is 10.1. The summed E-state index contributed by atoms with van der Waals surface area (Å²) in [5.41, 5.74) is 9.53. The van der Waals surface area contributed by atoms with Crippen LogP contribution in [0.2, 0.25) is 0 Å². The molecular weight excluding hydrogens is 550 g/mol. The highest BCUT2D eigenvalue weighted by molar-refractivity contribution is 6.23. The first-order valence-electron chi connectivity index (χ1n) is 15.2. The van der Waals surface area contributed by atoms with Crippen molar-refractivity contribution >= 4 is 65.6 Å². The summed E-state index contributed by atoms with van der Waals surface area (Å²) >= 11 is 0. The van der Waals surface area contributed by atoms with E-state index in [0.29, 0.717) is 0 Å². The van der Waals surface area contributed by atoms with Gasteiger partial charge in [-0.25, -0.2) is 4.98 Å². The highest BCUT2D eigenvalue weighted by Crippen LogP contribution is 2.41. The summed E-state index contributed by atoms with van der Waals surface area (Å²) in [6.07, 6.45) is 0. The minimum Gasteiger partial charge on any atom is -0.456 e. The molecular formula is C41H25N3O. The van der Waals surface area contributed by atoms with Crippen LogP contribution < -0.4 is 0 Å². The molecule has 10 aromatic rings. The summed E-state index contributed by atoms with van der Waals surface area (Å²) in [5, 5.41) is 7.08. The molecule has 210 valence electrons. The summed E-state index contributed by atoms with van der Waals surface area (Å²) < 4.78 is 10.9. The molecule has 45 heavy (non-hydrogen) atoms. The summed E-state index contributed by atoms with van der Waals surface area (Å²) in [7, 11) is 0. The van der Waals surface area contributed by atoms with Gasteiger partial charge in [-0.2, -0.15) is 0 Å². The Balaban J connectivity index is 1.30. The minimum absolute atomic E-state index is 0.883. The Labute approximate surface area is 258 Å². The molecule has 4 aromatic heterocycles. The predicted molar refractivity (Wildman–Crippen MR) is 186 cm³/mol. The largest absolute Gasteiger partial charge is 0.456 e. The van der Waals surface area contributed by atoms with Crippen molar-refractivity contribution in [3.05, 3.63) is 152 Å². The zero-order chi connectivity index (χ0) is 29.5. The van der Waals surface area contributed by atoms with Gasteiger partial charge in [0.1, 0.15) is 17.0 Å². The summed E-state index contributed by atoms with van der Waals surface area (Å²) in [4.78, 5) is 5.34. The average molecular weight is 576 g/mol. The van der Waals surface area contributed by atoms with E-state index in [1.807, 2.05) is 12.1 Å². The number of rotatable bonds is 3. The molecule has 0 fully saturated rings. The van der Waals surface area contributed by atoms with Crippen LogP contribution in [-0.2, 0) is 0 Å². The second-order valence-corrected chi connectivity index (χ2v) is 11.6. The second kappa shape index (κ2) is 9.18. The molecule has 0 bridgehead atoms. The SMILES string of the molecule is c1ccc(-n2c3ccccc3c3ccc4c5ccccc5n(-c5cccc(-c6ccc7oc8ccccc8c7c6)n5)c4c32)cc1. The third-order valence-electron chi connectivity index (χ3n) is 9.12. The van der Waals surface area contributed by atoms with Crippen molar-refractivity contribution in [3.8, 4) is 22.8 Å². The second-order valence-electron chi connectivity index (χ2n) is 11.6. The van der Waals surface area contributed by atoms with Gasteiger partial charge in [0.15, 0.2) is 0 Å². The maximum absolute atomic E-state index is 6.11. The molecule has 0 aliphatic carbocycles. The van der Waals surface area contributed by atoms with Crippen LogP contribution in [0.3, 0.4) is 0 Å². The average Bonchev–Trinajstić information content (AvgIpc) is 3.76. The fraction of sp³-hybridized carbons (Fsp3) is 0. The highest BCUT2D eigenvalue weighted by Gasteiger charge is 2.21. The molecule has 4 nitrogen and oxygen atoms in total. The molecule has 0 aliphatic heterocycles. The Kier molecular flexibility index (Phi) is 4.96. The highest BCUT2D eigenvalue weighted by atomic mass is 16.3. The Hall–Kier alpha value is -6.13. The van der Waals surface area contributed by atoms with Crippen LogP contribution >= 0.6 is 0 Å². The lowest BCUT2D eigenvalue weighted by Crippen LogP contribution is -2.01. The lowest BCUT2D eigenvalue weighted by Gasteiger charge is -2.13. The summed E-state index contributed by atoms with van der Waals surface area (Å²) in [6.45, 7) is 0. The summed E-state index contributed by atoms with van der Waals surface area (Å²) in [6, 6.07) is 53.5. The van der Waals surface area contributed by atoms with Crippen molar-refractivity contribution in [1.82, 2.24) is 14.1 Å². The van der Waals surface area contributed by atoms with E-state index < -0.39 is 0 Å². The molecule has 10 rings (SSSR count). The molecule has 0 aliphatic rings. The fourth-order valence-electron chi connectivity index (χ4n) is 7.18. The molecule has 0 radical (unpaired) electrons. The number of furan rings is 1. The van der Waals surface area contributed by atoms with E-state index in [9.17, 15) is 0 Å². The number of hydrogen-bond donors (Lipinski definition) is 0. The van der Waals surface area contributed by atoms with E-state index in [0.717, 1.165) is 55.7 Å². The smallest absolute Gasteiger partial charge is 0.138 e. The van der Waals surface area contributed by atoms with Crippen LogP contribution in [0, 0.1) is 0 Å². The third kappa shape index (κ3) is 3.45. The number of para-hydroxylation sites is 4. The molecule has 0 spiro atoms. The molecule has 6 aromatic carbocycles. The number of aromatic nitrogens is 3. The first-order chi connectivity index (χ1) is 22.3. The van der Waals surface area contributed by atoms with E-state index in [1.54, 1.807) is 0 Å². The normalized spacial score (nSPS) is 12.0. The van der Waals surface area contributed by atoms with Crippen molar-refractivity contribution in [2.75, 3.05) is 0 Å². The Bertz CT molecular complexity index is 2760. The van der Waals surface area contributed by atoms with E-state index in [2.05, 4.69) is 149 Å². The summed E-state index contributed by atoms with van der Waals surface area (Å²) in [5.74, 6) is 0.883. The van der Waals surface area contributed by atoms with Crippen molar-refractivity contribution in [2.45, 2.75) is 0 Å². The van der Waals surface area contributed by atoms with Gasteiger partial charge < -0.3 is 8.98 Å².